The summed E-state index contributed by atoms with van der Waals surface area (Å²) in [5.74, 6) is 0. The lowest BCUT2D eigenvalue weighted by Gasteiger charge is -2.06. The van der Waals surface area contributed by atoms with E-state index in [0.29, 0.717) is 10.3 Å². The van der Waals surface area contributed by atoms with Crippen molar-refractivity contribution in [3.8, 4) is 0 Å². The van der Waals surface area contributed by atoms with Crippen molar-refractivity contribution in [2.75, 3.05) is 0 Å². The number of aromatic nitrogens is 1. The standard InChI is InChI=1S/C7H8BrNO3S/c1-5(13(10,11)12)6-3-2-4-7(8)9-6/h2-5H,1H3,(H,10,11,12). The summed E-state index contributed by atoms with van der Waals surface area (Å²) >= 11 is 3.11. The Hall–Kier alpha value is -0.460. The molecule has 1 aromatic rings. The minimum Gasteiger partial charge on any atom is -0.285 e. The van der Waals surface area contributed by atoms with E-state index in [9.17, 15) is 8.42 Å². The van der Waals surface area contributed by atoms with E-state index in [1.165, 1.54) is 6.92 Å². The molecule has 1 N–H and O–H groups in total. The van der Waals surface area contributed by atoms with Gasteiger partial charge in [-0.1, -0.05) is 6.07 Å². The average Bonchev–Trinajstić information content (AvgIpc) is 2.01. The Balaban J connectivity index is 3.10. The Kier molecular flexibility index (Phi) is 3.05. The van der Waals surface area contributed by atoms with Crippen LogP contribution in [0.5, 0.6) is 0 Å². The summed E-state index contributed by atoms with van der Waals surface area (Å²) in [6.07, 6.45) is 0. The van der Waals surface area contributed by atoms with Gasteiger partial charge in [0, 0.05) is 0 Å². The fraction of sp³-hybridized carbons (Fsp3) is 0.286. The second kappa shape index (κ2) is 3.73. The molecule has 1 aromatic heterocycles. The van der Waals surface area contributed by atoms with Crippen molar-refractivity contribution < 1.29 is 13.0 Å². The van der Waals surface area contributed by atoms with Crippen LogP contribution in [0.3, 0.4) is 0 Å². The lowest BCUT2D eigenvalue weighted by molar-refractivity contribution is 0.471. The second-order valence-corrected chi connectivity index (χ2v) is 5.09. The Morgan fingerprint density at radius 1 is 1.54 bits per heavy atom. The van der Waals surface area contributed by atoms with Crippen molar-refractivity contribution in [1.82, 2.24) is 4.98 Å². The summed E-state index contributed by atoms with van der Waals surface area (Å²) in [6.45, 7) is 1.38. The van der Waals surface area contributed by atoms with Crippen LogP contribution < -0.4 is 0 Å². The van der Waals surface area contributed by atoms with Crippen molar-refractivity contribution in [1.29, 1.82) is 0 Å². The van der Waals surface area contributed by atoms with Crippen LogP contribution in [0.4, 0.5) is 0 Å². The van der Waals surface area contributed by atoms with E-state index in [1.54, 1.807) is 18.2 Å². The maximum atomic E-state index is 10.7. The maximum absolute atomic E-state index is 10.7. The van der Waals surface area contributed by atoms with Crippen LogP contribution in [0.2, 0.25) is 0 Å². The summed E-state index contributed by atoms with van der Waals surface area (Å²) in [6, 6.07) is 4.89. The van der Waals surface area contributed by atoms with Gasteiger partial charge in [-0.3, -0.25) is 4.55 Å². The highest BCUT2D eigenvalue weighted by Gasteiger charge is 2.20. The molecule has 4 nitrogen and oxygen atoms in total. The van der Waals surface area contributed by atoms with Gasteiger partial charge in [0.25, 0.3) is 10.1 Å². The number of nitrogens with zero attached hydrogens (tertiary/aromatic N) is 1. The largest absolute Gasteiger partial charge is 0.285 e. The number of rotatable bonds is 2. The third kappa shape index (κ3) is 2.75. The Bertz CT molecular complexity index is 404. The highest BCUT2D eigenvalue weighted by atomic mass is 79.9. The number of halogens is 1. The molecule has 0 aliphatic heterocycles. The van der Waals surface area contributed by atoms with Crippen molar-refractivity contribution in [3.05, 3.63) is 28.5 Å². The molecule has 1 atom stereocenters. The first-order valence-corrected chi connectivity index (χ1v) is 5.79. The summed E-state index contributed by atoms with van der Waals surface area (Å²) < 4.78 is 30.8. The van der Waals surface area contributed by atoms with Gasteiger partial charge in [0.1, 0.15) is 9.85 Å². The maximum Gasteiger partial charge on any atom is 0.273 e. The number of pyridine rings is 1. The molecule has 0 amide bonds. The van der Waals surface area contributed by atoms with E-state index >= 15 is 0 Å². The predicted molar refractivity (Wildman–Crippen MR) is 51.9 cm³/mol. The summed E-state index contributed by atoms with van der Waals surface area (Å²) in [4.78, 5) is 3.92. The Morgan fingerprint density at radius 3 is 2.62 bits per heavy atom. The third-order valence-electron chi connectivity index (χ3n) is 1.60. The van der Waals surface area contributed by atoms with Crippen LogP contribution >= 0.6 is 15.9 Å². The van der Waals surface area contributed by atoms with E-state index in [4.69, 9.17) is 4.55 Å². The van der Waals surface area contributed by atoms with Gasteiger partial charge in [0.05, 0.1) is 5.69 Å². The normalized spacial score (nSPS) is 14.1. The van der Waals surface area contributed by atoms with Gasteiger partial charge in [-0.15, -0.1) is 0 Å². The quantitative estimate of drug-likeness (QED) is 0.654. The molecule has 72 valence electrons. The molecular formula is C7H8BrNO3S. The van der Waals surface area contributed by atoms with Crippen molar-refractivity contribution in [2.24, 2.45) is 0 Å². The van der Waals surface area contributed by atoms with Gasteiger partial charge in [-0.05, 0) is 35.0 Å². The third-order valence-corrected chi connectivity index (χ3v) is 3.18. The number of hydrogen-bond donors (Lipinski definition) is 1. The van der Waals surface area contributed by atoms with Gasteiger partial charge < -0.3 is 0 Å². The summed E-state index contributed by atoms with van der Waals surface area (Å²) in [5.41, 5.74) is 0.317. The molecule has 0 aliphatic rings. The van der Waals surface area contributed by atoms with Gasteiger partial charge in [0.2, 0.25) is 0 Å². The lowest BCUT2D eigenvalue weighted by Crippen LogP contribution is -2.09. The van der Waals surface area contributed by atoms with Crippen molar-refractivity contribution in [2.45, 2.75) is 12.2 Å². The molecule has 6 heteroatoms. The van der Waals surface area contributed by atoms with E-state index < -0.39 is 15.4 Å². The molecular weight excluding hydrogens is 258 g/mol. The van der Waals surface area contributed by atoms with Gasteiger partial charge in [0.15, 0.2) is 0 Å². The molecule has 0 saturated heterocycles. The summed E-state index contributed by atoms with van der Waals surface area (Å²) in [5, 5.41) is -0.995. The topological polar surface area (TPSA) is 67.3 Å². The van der Waals surface area contributed by atoms with Gasteiger partial charge >= 0.3 is 0 Å². The van der Waals surface area contributed by atoms with E-state index in [-0.39, 0.29) is 0 Å². The molecule has 13 heavy (non-hydrogen) atoms. The average molecular weight is 266 g/mol. The highest BCUT2D eigenvalue weighted by molar-refractivity contribution is 9.10. The second-order valence-electron chi connectivity index (χ2n) is 2.54. The van der Waals surface area contributed by atoms with E-state index in [2.05, 4.69) is 20.9 Å². The highest BCUT2D eigenvalue weighted by Crippen LogP contribution is 2.19. The molecule has 0 aromatic carbocycles. The van der Waals surface area contributed by atoms with Crippen LogP contribution in [0.1, 0.15) is 17.9 Å². The lowest BCUT2D eigenvalue weighted by atomic mass is 10.3. The smallest absolute Gasteiger partial charge is 0.273 e. The molecule has 0 fully saturated rings. The van der Waals surface area contributed by atoms with E-state index in [0.717, 1.165) is 0 Å². The van der Waals surface area contributed by atoms with Gasteiger partial charge in [-0.2, -0.15) is 8.42 Å². The number of hydrogen-bond acceptors (Lipinski definition) is 3. The van der Waals surface area contributed by atoms with Crippen LogP contribution in [0.25, 0.3) is 0 Å². The van der Waals surface area contributed by atoms with Gasteiger partial charge in [-0.25, -0.2) is 4.98 Å². The zero-order valence-electron chi connectivity index (χ0n) is 6.81. The molecule has 0 saturated carbocycles. The predicted octanol–water partition coefficient (Wildman–Crippen LogP) is 1.79. The first-order valence-electron chi connectivity index (χ1n) is 3.50. The first-order chi connectivity index (χ1) is 5.91. The van der Waals surface area contributed by atoms with Crippen molar-refractivity contribution >= 4 is 26.0 Å². The van der Waals surface area contributed by atoms with Crippen LogP contribution in [-0.2, 0) is 10.1 Å². The van der Waals surface area contributed by atoms with Crippen molar-refractivity contribution in [3.63, 3.8) is 0 Å². The Labute approximate surface area is 84.9 Å². The molecule has 1 heterocycles. The fourth-order valence-corrected chi connectivity index (χ4v) is 1.60. The molecule has 1 unspecified atom stereocenters. The minimum atomic E-state index is -4.06. The van der Waals surface area contributed by atoms with E-state index in [1.807, 2.05) is 0 Å². The first kappa shape index (κ1) is 10.6. The summed E-state index contributed by atoms with van der Waals surface area (Å²) in [7, 11) is -4.06. The van der Waals surface area contributed by atoms with Crippen LogP contribution in [-0.4, -0.2) is 18.0 Å². The zero-order chi connectivity index (χ0) is 10.1. The SMILES string of the molecule is CC(c1cccc(Br)n1)S(=O)(=O)O. The van der Waals surface area contributed by atoms with Crippen LogP contribution in [0.15, 0.2) is 22.8 Å². The molecule has 1 rings (SSSR count). The zero-order valence-corrected chi connectivity index (χ0v) is 9.21. The monoisotopic (exact) mass is 265 g/mol. The molecule has 0 aliphatic carbocycles. The van der Waals surface area contributed by atoms with Crippen LogP contribution in [0, 0.1) is 0 Å². The molecule has 0 radical (unpaired) electrons. The fourth-order valence-electron chi connectivity index (χ4n) is 0.803. The molecule has 0 bridgehead atoms. The minimum absolute atomic E-state index is 0.317. The Morgan fingerprint density at radius 2 is 2.15 bits per heavy atom. The molecule has 0 spiro atoms.